The van der Waals surface area contributed by atoms with Crippen LogP contribution in [0.25, 0.3) is 12.2 Å². The van der Waals surface area contributed by atoms with Gasteiger partial charge in [-0.3, -0.25) is 4.79 Å². The summed E-state index contributed by atoms with van der Waals surface area (Å²) < 4.78 is 16.8. The molecule has 40 heavy (non-hydrogen) atoms. The van der Waals surface area contributed by atoms with E-state index in [2.05, 4.69) is 0 Å². The summed E-state index contributed by atoms with van der Waals surface area (Å²) in [7, 11) is 1.30. The fourth-order valence-corrected chi connectivity index (χ4v) is 5.50. The van der Waals surface area contributed by atoms with E-state index in [1.165, 1.54) is 55.7 Å². The second-order valence-corrected chi connectivity index (χ2v) is 9.46. The Bertz CT molecular complexity index is 1700. The Morgan fingerprint density at radius 1 is 0.750 bits per heavy atom. The number of ether oxygens (including phenoxy) is 3. The number of benzene rings is 4. The minimum absolute atomic E-state index is 0.0113. The summed E-state index contributed by atoms with van der Waals surface area (Å²) in [5.74, 6) is -2.32. The lowest BCUT2D eigenvalue weighted by atomic mass is 9.68. The van der Waals surface area contributed by atoms with Gasteiger partial charge in [0.1, 0.15) is 40.6 Å². The molecule has 6 rings (SSSR count). The second kappa shape index (κ2) is 8.77. The van der Waals surface area contributed by atoms with Gasteiger partial charge in [-0.25, -0.2) is 0 Å². The lowest BCUT2D eigenvalue weighted by Crippen LogP contribution is -2.40. The van der Waals surface area contributed by atoms with Gasteiger partial charge in [-0.05, 0) is 47.0 Å². The number of hydrogen-bond acceptors (Lipinski definition) is 10. The van der Waals surface area contributed by atoms with Gasteiger partial charge in [-0.15, -0.1) is 0 Å². The monoisotopic (exact) mass is 542 g/mol. The number of carbonyl (C=O) groups excluding carboxylic acids is 1. The zero-order chi connectivity index (χ0) is 28.3. The minimum Gasteiger partial charge on any atom is -0.508 e. The SMILES string of the molecule is COc1c(O)cc(/C=C/c2cc(O)cc3c2[C@@]2(C(=O)O3)c3c(O)cc(O)cc3O[C@H]2c2ccc(O)cc2)cc1O. The fourth-order valence-electron chi connectivity index (χ4n) is 5.50. The highest BCUT2D eigenvalue weighted by Crippen LogP contribution is 2.63. The molecule has 0 saturated heterocycles. The smallest absolute Gasteiger partial charge is 0.331 e. The van der Waals surface area contributed by atoms with Crippen LogP contribution in [-0.4, -0.2) is 43.7 Å². The number of phenolic OH excluding ortho intramolecular Hbond substituents is 6. The average molecular weight is 542 g/mol. The molecule has 0 bridgehead atoms. The summed E-state index contributed by atoms with van der Waals surface area (Å²) in [6.45, 7) is 0. The lowest BCUT2D eigenvalue weighted by Gasteiger charge is -2.29. The molecule has 0 amide bonds. The predicted molar refractivity (Wildman–Crippen MR) is 141 cm³/mol. The maximum absolute atomic E-state index is 13.9. The van der Waals surface area contributed by atoms with E-state index < -0.39 is 23.2 Å². The normalized spacial score (nSPS) is 18.9. The number of carbonyl (C=O) groups is 1. The topological polar surface area (TPSA) is 166 Å². The van der Waals surface area contributed by atoms with Crippen LogP contribution in [-0.2, 0) is 10.2 Å². The molecule has 2 aliphatic heterocycles. The zero-order valence-electron chi connectivity index (χ0n) is 20.8. The van der Waals surface area contributed by atoms with E-state index in [1.807, 2.05) is 0 Å². The maximum atomic E-state index is 13.9. The number of phenols is 6. The largest absolute Gasteiger partial charge is 0.508 e. The molecule has 2 heterocycles. The summed E-state index contributed by atoms with van der Waals surface area (Å²) in [6.07, 6.45) is 1.98. The van der Waals surface area contributed by atoms with Gasteiger partial charge in [0.05, 0.1) is 12.7 Å². The molecule has 6 N–H and O–H groups in total. The molecule has 4 aromatic carbocycles. The Hall–Kier alpha value is -5.51. The van der Waals surface area contributed by atoms with E-state index >= 15 is 0 Å². The third-order valence-corrected chi connectivity index (χ3v) is 7.06. The first-order chi connectivity index (χ1) is 19.1. The first-order valence-corrected chi connectivity index (χ1v) is 12.0. The quantitative estimate of drug-likeness (QED) is 0.123. The lowest BCUT2D eigenvalue weighted by molar-refractivity contribution is -0.139. The Balaban J connectivity index is 1.61. The molecule has 0 unspecified atom stereocenters. The number of aromatic hydroxyl groups is 6. The minimum atomic E-state index is -1.78. The van der Waals surface area contributed by atoms with Crippen LogP contribution in [0.2, 0.25) is 0 Å². The van der Waals surface area contributed by atoms with Crippen LogP contribution in [0.3, 0.4) is 0 Å². The van der Waals surface area contributed by atoms with Crippen molar-refractivity contribution in [3.8, 4) is 51.7 Å². The average Bonchev–Trinajstić information content (AvgIpc) is 3.37. The Morgan fingerprint density at radius 3 is 2.08 bits per heavy atom. The molecule has 10 heteroatoms. The van der Waals surface area contributed by atoms with Crippen molar-refractivity contribution in [1.82, 2.24) is 0 Å². The standard InChI is InChI=1S/C30H22O10/c1-38-27-21(35)8-14(9-22(27)36)2-3-16-10-18(32)12-23-25(16)30(29(37)40-23)26-20(34)11-19(33)13-24(26)39-28(30)15-4-6-17(31)7-5-15/h2-13,28,31-36H,1H3/b3-2+/t28-,30+/m0/s1. The number of esters is 1. The third-order valence-electron chi connectivity index (χ3n) is 7.06. The van der Waals surface area contributed by atoms with E-state index in [0.717, 1.165) is 6.07 Å². The van der Waals surface area contributed by atoms with Crippen molar-refractivity contribution in [3.05, 3.63) is 88.5 Å². The Morgan fingerprint density at radius 2 is 1.40 bits per heavy atom. The molecule has 0 aromatic heterocycles. The first kappa shape index (κ1) is 24.8. The number of rotatable bonds is 4. The van der Waals surface area contributed by atoms with Gasteiger partial charge < -0.3 is 44.8 Å². The molecule has 0 saturated carbocycles. The summed E-state index contributed by atoms with van der Waals surface area (Å²) in [4.78, 5) is 13.9. The van der Waals surface area contributed by atoms with Crippen LogP contribution in [0, 0.1) is 0 Å². The summed E-state index contributed by atoms with van der Waals surface area (Å²) >= 11 is 0. The first-order valence-electron chi connectivity index (χ1n) is 12.0. The molecule has 4 aromatic rings. The van der Waals surface area contributed by atoms with E-state index in [0.29, 0.717) is 16.7 Å². The molecular formula is C30H22O10. The molecule has 2 atom stereocenters. The second-order valence-electron chi connectivity index (χ2n) is 9.46. The van der Waals surface area contributed by atoms with Crippen molar-refractivity contribution in [3.63, 3.8) is 0 Å². The van der Waals surface area contributed by atoms with Crippen molar-refractivity contribution in [2.75, 3.05) is 7.11 Å². The molecular weight excluding hydrogens is 520 g/mol. The summed E-state index contributed by atoms with van der Waals surface area (Å²) in [5, 5.41) is 62.0. The van der Waals surface area contributed by atoms with Crippen molar-refractivity contribution < 1.29 is 49.6 Å². The van der Waals surface area contributed by atoms with Crippen LogP contribution in [0.5, 0.6) is 51.7 Å². The van der Waals surface area contributed by atoms with Crippen molar-refractivity contribution in [1.29, 1.82) is 0 Å². The van der Waals surface area contributed by atoms with Gasteiger partial charge in [0.15, 0.2) is 16.9 Å². The highest BCUT2D eigenvalue weighted by molar-refractivity contribution is 6.00. The molecule has 2 aliphatic rings. The maximum Gasteiger partial charge on any atom is 0.331 e. The van der Waals surface area contributed by atoms with Crippen molar-refractivity contribution in [2.24, 2.45) is 0 Å². The van der Waals surface area contributed by atoms with Crippen LogP contribution in [0.1, 0.15) is 33.9 Å². The highest BCUT2D eigenvalue weighted by atomic mass is 16.6. The Kier molecular flexibility index (Phi) is 5.44. The van der Waals surface area contributed by atoms with E-state index in [1.54, 1.807) is 18.2 Å². The van der Waals surface area contributed by atoms with Gasteiger partial charge >= 0.3 is 5.97 Å². The van der Waals surface area contributed by atoms with Gasteiger partial charge in [0, 0.05) is 23.8 Å². The van der Waals surface area contributed by atoms with Gasteiger partial charge in [0.25, 0.3) is 0 Å². The van der Waals surface area contributed by atoms with Crippen LogP contribution in [0.4, 0.5) is 0 Å². The number of hydrogen-bond donors (Lipinski definition) is 6. The molecule has 0 fully saturated rings. The third kappa shape index (κ3) is 3.53. The van der Waals surface area contributed by atoms with E-state index in [4.69, 9.17) is 14.2 Å². The highest BCUT2D eigenvalue weighted by Gasteiger charge is 2.64. The number of methoxy groups -OCH3 is 1. The van der Waals surface area contributed by atoms with Gasteiger partial charge in [0.2, 0.25) is 5.75 Å². The Labute approximate surface area is 226 Å². The molecule has 0 aliphatic carbocycles. The van der Waals surface area contributed by atoms with Crippen molar-refractivity contribution >= 4 is 18.1 Å². The molecule has 10 nitrogen and oxygen atoms in total. The predicted octanol–water partition coefficient (Wildman–Crippen LogP) is 4.44. The van der Waals surface area contributed by atoms with Crippen LogP contribution >= 0.6 is 0 Å². The van der Waals surface area contributed by atoms with Crippen molar-refractivity contribution in [2.45, 2.75) is 11.5 Å². The fraction of sp³-hybridized carbons (Fsp3) is 0.100. The molecule has 202 valence electrons. The summed E-state index contributed by atoms with van der Waals surface area (Å²) in [6, 6.07) is 13.7. The van der Waals surface area contributed by atoms with E-state index in [9.17, 15) is 35.4 Å². The van der Waals surface area contributed by atoms with Gasteiger partial charge in [-0.1, -0.05) is 24.3 Å². The van der Waals surface area contributed by atoms with Gasteiger partial charge in [-0.2, -0.15) is 0 Å². The summed E-state index contributed by atoms with van der Waals surface area (Å²) in [5.41, 5.74) is -0.303. The van der Waals surface area contributed by atoms with Crippen LogP contribution in [0.15, 0.2) is 60.7 Å². The zero-order valence-corrected chi connectivity index (χ0v) is 20.8. The van der Waals surface area contributed by atoms with E-state index in [-0.39, 0.29) is 57.1 Å². The number of fused-ring (bicyclic) bond motifs is 4. The molecule has 1 spiro atoms. The van der Waals surface area contributed by atoms with Crippen LogP contribution < -0.4 is 14.2 Å². The molecule has 0 radical (unpaired) electrons.